The summed E-state index contributed by atoms with van der Waals surface area (Å²) in [5.74, 6) is 0.0515. The molecule has 0 saturated carbocycles. The summed E-state index contributed by atoms with van der Waals surface area (Å²) in [7, 11) is 1.65. The molecule has 1 aromatic heterocycles. The molecule has 0 saturated heterocycles. The van der Waals surface area contributed by atoms with Gasteiger partial charge < -0.3 is 14.2 Å². The van der Waals surface area contributed by atoms with E-state index in [1.165, 1.54) is 11.0 Å². The Balaban J connectivity index is 1.92. The first-order chi connectivity index (χ1) is 10.0. The van der Waals surface area contributed by atoms with Crippen molar-refractivity contribution >= 4 is 5.91 Å². The molecule has 21 heavy (non-hydrogen) atoms. The molecule has 5 nitrogen and oxygen atoms in total. The topological polar surface area (TPSA) is 55.6 Å². The zero-order chi connectivity index (χ0) is 15.4. The molecule has 6 heteroatoms. The van der Waals surface area contributed by atoms with Crippen LogP contribution in [0.25, 0.3) is 0 Å². The number of aromatic nitrogens is 1. The van der Waals surface area contributed by atoms with E-state index in [0.717, 1.165) is 0 Å². The molecular weight excluding hydrogens is 275 g/mol. The van der Waals surface area contributed by atoms with E-state index in [-0.39, 0.29) is 18.3 Å². The molecule has 0 bridgehead atoms. The summed E-state index contributed by atoms with van der Waals surface area (Å²) in [6.45, 7) is 3.94. The van der Waals surface area contributed by atoms with Gasteiger partial charge in [0.25, 0.3) is 5.91 Å². The second kappa shape index (κ2) is 6.39. The molecule has 0 spiro atoms. The SMILES string of the molecule is Cc1noc(C)c1C(=O)N(C)CCOc1ccccc1F. The van der Waals surface area contributed by atoms with Crippen LogP contribution in [0.5, 0.6) is 5.75 Å². The van der Waals surface area contributed by atoms with Crippen molar-refractivity contribution in [2.24, 2.45) is 0 Å². The van der Waals surface area contributed by atoms with Gasteiger partial charge in [0.2, 0.25) is 0 Å². The van der Waals surface area contributed by atoms with E-state index in [9.17, 15) is 9.18 Å². The third kappa shape index (κ3) is 3.39. The first-order valence-electron chi connectivity index (χ1n) is 6.56. The Kier molecular flexibility index (Phi) is 4.57. The predicted molar refractivity (Wildman–Crippen MR) is 74.8 cm³/mol. The lowest BCUT2D eigenvalue weighted by Gasteiger charge is -2.17. The van der Waals surface area contributed by atoms with Crippen LogP contribution in [0.4, 0.5) is 4.39 Å². The number of benzene rings is 1. The number of amides is 1. The summed E-state index contributed by atoms with van der Waals surface area (Å²) >= 11 is 0. The fraction of sp³-hybridized carbons (Fsp3) is 0.333. The number of halogens is 1. The smallest absolute Gasteiger partial charge is 0.259 e. The number of para-hydroxylation sites is 1. The van der Waals surface area contributed by atoms with Gasteiger partial charge >= 0.3 is 0 Å². The highest BCUT2D eigenvalue weighted by molar-refractivity contribution is 5.95. The molecular formula is C15H17FN2O3. The maximum absolute atomic E-state index is 13.4. The van der Waals surface area contributed by atoms with Crippen molar-refractivity contribution in [3.05, 3.63) is 47.1 Å². The Morgan fingerprint density at radius 1 is 1.38 bits per heavy atom. The fourth-order valence-electron chi connectivity index (χ4n) is 1.94. The molecule has 1 heterocycles. The highest BCUT2D eigenvalue weighted by Gasteiger charge is 2.20. The van der Waals surface area contributed by atoms with Crippen LogP contribution in [0.1, 0.15) is 21.8 Å². The molecule has 0 atom stereocenters. The van der Waals surface area contributed by atoms with Crippen molar-refractivity contribution in [1.82, 2.24) is 10.1 Å². The normalized spacial score (nSPS) is 10.5. The largest absolute Gasteiger partial charge is 0.489 e. The number of ether oxygens (including phenoxy) is 1. The van der Waals surface area contributed by atoms with Crippen LogP contribution in [-0.4, -0.2) is 36.2 Å². The van der Waals surface area contributed by atoms with Crippen molar-refractivity contribution in [2.45, 2.75) is 13.8 Å². The first kappa shape index (κ1) is 15.0. The third-order valence-corrected chi connectivity index (χ3v) is 3.11. The standard InChI is InChI=1S/C15H17FN2O3/c1-10-14(11(2)21-17-10)15(19)18(3)8-9-20-13-7-5-4-6-12(13)16/h4-7H,8-9H2,1-3H3. The lowest BCUT2D eigenvalue weighted by atomic mass is 10.2. The van der Waals surface area contributed by atoms with Crippen molar-refractivity contribution in [3.8, 4) is 5.75 Å². The lowest BCUT2D eigenvalue weighted by molar-refractivity contribution is 0.0770. The second-order valence-corrected chi connectivity index (χ2v) is 4.70. The number of hydrogen-bond acceptors (Lipinski definition) is 4. The predicted octanol–water partition coefficient (Wildman–Crippen LogP) is 2.58. The van der Waals surface area contributed by atoms with Gasteiger partial charge in [-0.25, -0.2) is 4.39 Å². The number of hydrogen-bond donors (Lipinski definition) is 0. The van der Waals surface area contributed by atoms with E-state index >= 15 is 0 Å². The second-order valence-electron chi connectivity index (χ2n) is 4.70. The minimum absolute atomic E-state index is 0.177. The molecule has 1 aromatic carbocycles. The molecule has 2 aromatic rings. The van der Waals surface area contributed by atoms with Crippen LogP contribution < -0.4 is 4.74 Å². The Bertz CT molecular complexity index is 620. The fourth-order valence-corrected chi connectivity index (χ4v) is 1.94. The summed E-state index contributed by atoms with van der Waals surface area (Å²) < 4.78 is 23.7. The summed E-state index contributed by atoms with van der Waals surface area (Å²) in [5, 5.41) is 3.76. The van der Waals surface area contributed by atoms with E-state index in [1.807, 2.05) is 0 Å². The Hall–Kier alpha value is -2.37. The molecule has 2 rings (SSSR count). The third-order valence-electron chi connectivity index (χ3n) is 3.11. The van der Waals surface area contributed by atoms with E-state index < -0.39 is 5.82 Å². The van der Waals surface area contributed by atoms with Gasteiger partial charge in [-0.1, -0.05) is 17.3 Å². The number of aryl methyl sites for hydroxylation is 2. The van der Waals surface area contributed by atoms with Crippen LogP contribution >= 0.6 is 0 Å². The molecule has 0 fully saturated rings. The monoisotopic (exact) mass is 292 g/mol. The maximum atomic E-state index is 13.4. The molecule has 1 amide bonds. The lowest BCUT2D eigenvalue weighted by Crippen LogP contribution is -2.31. The van der Waals surface area contributed by atoms with Gasteiger partial charge in [-0.3, -0.25) is 4.79 Å². The number of carbonyl (C=O) groups excluding carboxylic acids is 1. The minimum Gasteiger partial charge on any atom is -0.489 e. The van der Waals surface area contributed by atoms with E-state index in [1.54, 1.807) is 39.1 Å². The summed E-state index contributed by atoms with van der Waals surface area (Å²) in [6, 6.07) is 6.16. The van der Waals surface area contributed by atoms with Gasteiger partial charge in [0, 0.05) is 7.05 Å². The van der Waals surface area contributed by atoms with Crippen molar-refractivity contribution in [2.75, 3.05) is 20.2 Å². The quantitative estimate of drug-likeness (QED) is 0.850. The van der Waals surface area contributed by atoms with Crippen LogP contribution in [0.2, 0.25) is 0 Å². The highest BCUT2D eigenvalue weighted by Crippen LogP contribution is 2.16. The Labute approximate surface area is 122 Å². The number of carbonyl (C=O) groups is 1. The molecule has 0 radical (unpaired) electrons. The Morgan fingerprint density at radius 3 is 2.71 bits per heavy atom. The highest BCUT2D eigenvalue weighted by atomic mass is 19.1. The summed E-state index contributed by atoms with van der Waals surface area (Å²) in [4.78, 5) is 13.7. The zero-order valence-corrected chi connectivity index (χ0v) is 12.2. The van der Waals surface area contributed by atoms with E-state index in [4.69, 9.17) is 9.26 Å². The van der Waals surface area contributed by atoms with E-state index in [2.05, 4.69) is 5.16 Å². The molecule has 112 valence electrons. The van der Waals surface area contributed by atoms with Gasteiger partial charge in [0.05, 0.1) is 12.2 Å². The van der Waals surface area contributed by atoms with Crippen LogP contribution in [0.15, 0.2) is 28.8 Å². The maximum Gasteiger partial charge on any atom is 0.259 e. The van der Waals surface area contributed by atoms with Crippen LogP contribution in [-0.2, 0) is 0 Å². The average Bonchev–Trinajstić information content (AvgIpc) is 2.79. The summed E-state index contributed by atoms with van der Waals surface area (Å²) in [5.41, 5.74) is 1.02. The van der Waals surface area contributed by atoms with Crippen LogP contribution in [0, 0.1) is 19.7 Å². The van der Waals surface area contributed by atoms with E-state index in [0.29, 0.717) is 23.6 Å². The number of rotatable bonds is 5. The molecule has 0 unspecified atom stereocenters. The van der Waals surface area contributed by atoms with Crippen molar-refractivity contribution < 1.29 is 18.4 Å². The zero-order valence-electron chi connectivity index (χ0n) is 12.2. The molecule has 0 aliphatic heterocycles. The van der Waals surface area contributed by atoms with Gasteiger partial charge in [-0.05, 0) is 26.0 Å². The van der Waals surface area contributed by atoms with Crippen molar-refractivity contribution in [3.63, 3.8) is 0 Å². The first-order valence-corrected chi connectivity index (χ1v) is 6.56. The van der Waals surface area contributed by atoms with Gasteiger partial charge in [0.15, 0.2) is 11.6 Å². The number of likely N-dealkylation sites (N-methyl/N-ethyl adjacent to an activating group) is 1. The molecule has 0 N–H and O–H groups in total. The average molecular weight is 292 g/mol. The van der Waals surface area contributed by atoms with Gasteiger partial charge in [0.1, 0.15) is 17.9 Å². The van der Waals surface area contributed by atoms with Crippen LogP contribution in [0.3, 0.4) is 0 Å². The molecule has 0 aliphatic carbocycles. The van der Waals surface area contributed by atoms with Gasteiger partial charge in [-0.2, -0.15) is 0 Å². The molecule has 0 aliphatic rings. The summed E-state index contributed by atoms with van der Waals surface area (Å²) in [6.07, 6.45) is 0. The minimum atomic E-state index is -0.419. The van der Waals surface area contributed by atoms with Gasteiger partial charge in [-0.15, -0.1) is 0 Å². The number of nitrogens with zero attached hydrogens (tertiary/aromatic N) is 2. The Morgan fingerprint density at radius 2 is 2.10 bits per heavy atom. The van der Waals surface area contributed by atoms with Crippen molar-refractivity contribution in [1.29, 1.82) is 0 Å².